The van der Waals surface area contributed by atoms with Gasteiger partial charge < -0.3 is 4.74 Å². The van der Waals surface area contributed by atoms with Crippen molar-refractivity contribution in [3.8, 4) is 0 Å². The number of unbranched alkanes of at least 4 members (excludes halogenated alkanes) is 2. The van der Waals surface area contributed by atoms with Crippen molar-refractivity contribution in [1.29, 1.82) is 0 Å². The van der Waals surface area contributed by atoms with Gasteiger partial charge >= 0.3 is 5.97 Å². The Bertz CT molecular complexity index is 350. The molecular formula is C11H20O4S2. The topological polar surface area (TPSA) is 60.4 Å². The Morgan fingerprint density at radius 3 is 2.65 bits per heavy atom. The summed E-state index contributed by atoms with van der Waals surface area (Å²) in [5.74, 6) is 0.664. The first kappa shape index (κ1) is 14.8. The molecule has 0 aromatic carbocycles. The zero-order valence-electron chi connectivity index (χ0n) is 10.3. The van der Waals surface area contributed by atoms with Gasteiger partial charge in [-0.15, -0.1) is 0 Å². The van der Waals surface area contributed by atoms with E-state index in [0.29, 0.717) is 0 Å². The smallest absolute Gasteiger partial charge is 0.302 e. The van der Waals surface area contributed by atoms with Gasteiger partial charge in [-0.25, -0.2) is 8.42 Å². The molecule has 1 heterocycles. The lowest BCUT2D eigenvalue weighted by Crippen LogP contribution is -2.27. The zero-order valence-corrected chi connectivity index (χ0v) is 12.0. The molecule has 0 saturated carbocycles. The highest BCUT2D eigenvalue weighted by Crippen LogP contribution is 2.28. The summed E-state index contributed by atoms with van der Waals surface area (Å²) in [6.45, 7) is 3.45. The molecule has 0 aliphatic carbocycles. The van der Waals surface area contributed by atoms with Crippen molar-refractivity contribution in [3.05, 3.63) is 0 Å². The Labute approximate surface area is 107 Å². The van der Waals surface area contributed by atoms with E-state index in [4.69, 9.17) is 4.74 Å². The molecule has 2 atom stereocenters. The van der Waals surface area contributed by atoms with Crippen LogP contribution >= 0.6 is 11.8 Å². The van der Waals surface area contributed by atoms with E-state index in [1.807, 2.05) is 0 Å². The van der Waals surface area contributed by atoms with Crippen molar-refractivity contribution in [3.63, 3.8) is 0 Å². The van der Waals surface area contributed by atoms with Gasteiger partial charge in [0, 0.05) is 6.92 Å². The fraction of sp³-hybridized carbons (Fsp3) is 0.909. The number of thioether (sulfide) groups is 1. The van der Waals surface area contributed by atoms with Crippen LogP contribution in [-0.4, -0.2) is 43.0 Å². The Balaban J connectivity index is 2.46. The van der Waals surface area contributed by atoms with Crippen LogP contribution in [0.5, 0.6) is 0 Å². The molecule has 0 amide bonds. The van der Waals surface area contributed by atoms with Crippen molar-refractivity contribution >= 4 is 27.6 Å². The summed E-state index contributed by atoms with van der Waals surface area (Å²) < 4.78 is 28.1. The molecule has 0 bridgehead atoms. The second-order valence-electron chi connectivity index (χ2n) is 4.34. The minimum Gasteiger partial charge on any atom is -0.460 e. The average molecular weight is 280 g/mol. The van der Waals surface area contributed by atoms with Crippen LogP contribution in [0.1, 0.15) is 33.1 Å². The van der Waals surface area contributed by atoms with Crippen LogP contribution < -0.4 is 0 Å². The molecule has 4 nitrogen and oxygen atoms in total. The summed E-state index contributed by atoms with van der Waals surface area (Å²) in [5, 5.41) is -0.0826. The first-order chi connectivity index (χ1) is 7.94. The largest absolute Gasteiger partial charge is 0.460 e. The van der Waals surface area contributed by atoms with Gasteiger partial charge in [-0.05, 0) is 12.2 Å². The third-order valence-electron chi connectivity index (χ3n) is 2.65. The molecular weight excluding hydrogens is 260 g/mol. The van der Waals surface area contributed by atoms with E-state index in [9.17, 15) is 13.2 Å². The molecule has 0 aromatic heterocycles. The van der Waals surface area contributed by atoms with Crippen LogP contribution in [0, 0.1) is 0 Å². The third-order valence-corrected chi connectivity index (χ3v) is 5.99. The maximum absolute atomic E-state index is 11.5. The second kappa shape index (κ2) is 6.64. The molecule has 0 spiro atoms. The third kappa shape index (κ3) is 5.29. The van der Waals surface area contributed by atoms with E-state index in [-0.39, 0.29) is 16.8 Å². The average Bonchev–Trinajstić information content (AvgIpc) is 2.47. The van der Waals surface area contributed by atoms with Gasteiger partial charge in [-0.2, -0.15) is 11.8 Å². The van der Waals surface area contributed by atoms with Gasteiger partial charge in [0.25, 0.3) is 0 Å². The molecule has 1 aliphatic heterocycles. The van der Waals surface area contributed by atoms with Crippen LogP contribution in [0.25, 0.3) is 0 Å². The quantitative estimate of drug-likeness (QED) is 0.547. The van der Waals surface area contributed by atoms with E-state index < -0.39 is 21.9 Å². The van der Waals surface area contributed by atoms with Gasteiger partial charge in [0.2, 0.25) is 0 Å². The van der Waals surface area contributed by atoms with E-state index in [0.717, 1.165) is 25.0 Å². The number of rotatable bonds is 6. The summed E-state index contributed by atoms with van der Waals surface area (Å²) in [4.78, 5) is 10.9. The minimum absolute atomic E-state index is 0.0158. The molecule has 17 heavy (non-hydrogen) atoms. The van der Waals surface area contributed by atoms with Crippen molar-refractivity contribution in [2.45, 2.75) is 44.5 Å². The Morgan fingerprint density at radius 1 is 1.35 bits per heavy atom. The highest BCUT2D eigenvalue weighted by Gasteiger charge is 2.39. The summed E-state index contributed by atoms with van der Waals surface area (Å²) in [6.07, 6.45) is 2.94. The summed E-state index contributed by atoms with van der Waals surface area (Å²) in [6, 6.07) is 0. The molecule has 1 saturated heterocycles. The molecule has 100 valence electrons. The maximum Gasteiger partial charge on any atom is 0.302 e. The van der Waals surface area contributed by atoms with Crippen molar-refractivity contribution in [2.24, 2.45) is 0 Å². The first-order valence-corrected chi connectivity index (χ1v) is 8.81. The van der Waals surface area contributed by atoms with Gasteiger partial charge in [-0.1, -0.05) is 19.8 Å². The second-order valence-corrected chi connectivity index (χ2v) is 7.84. The number of carbonyl (C=O) groups is 1. The Hall–Kier alpha value is -0.230. The SMILES string of the molecule is CCCCCS[C@H]1CS(=O)(=O)C[C@@H]1OC(C)=O. The van der Waals surface area contributed by atoms with Crippen molar-refractivity contribution in [2.75, 3.05) is 17.3 Å². The number of hydrogen-bond acceptors (Lipinski definition) is 5. The van der Waals surface area contributed by atoms with E-state index >= 15 is 0 Å². The molecule has 6 heteroatoms. The molecule has 0 unspecified atom stereocenters. The summed E-state index contributed by atoms with van der Waals surface area (Å²) in [5.41, 5.74) is 0. The van der Waals surface area contributed by atoms with Gasteiger partial charge in [0.1, 0.15) is 6.10 Å². The highest BCUT2D eigenvalue weighted by molar-refractivity contribution is 8.01. The predicted molar refractivity (Wildman–Crippen MR) is 70.0 cm³/mol. The van der Waals surface area contributed by atoms with Gasteiger partial charge in [-0.3, -0.25) is 4.79 Å². The van der Waals surface area contributed by atoms with Crippen molar-refractivity contribution in [1.82, 2.24) is 0 Å². The number of sulfone groups is 1. The van der Waals surface area contributed by atoms with Crippen LogP contribution in [0.15, 0.2) is 0 Å². The number of hydrogen-bond donors (Lipinski definition) is 0. The van der Waals surface area contributed by atoms with E-state index in [1.165, 1.54) is 6.92 Å². The van der Waals surface area contributed by atoms with Crippen LogP contribution in [0.4, 0.5) is 0 Å². The van der Waals surface area contributed by atoms with Gasteiger partial charge in [0.05, 0.1) is 16.8 Å². The lowest BCUT2D eigenvalue weighted by molar-refractivity contribution is -0.144. The standard InChI is InChI=1S/C11H20O4S2/c1-3-4-5-6-16-11-8-17(13,14)7-10(11)15-9(2)12/h10-11H,3-8H2,1-2H3/t10-,11-/m0/s1. The molecule has 0 aromatic rings. The minimum atomic E-state index is -3.03. The van der Waals surface area contributed by atoms with Crippen LogP contribution in [-0.2, 0) is 19.4 Å². The number of esters is 1. The normalized spacial score (nSPS) is 26.9. The van der Waals surface area contributed by atoms with Crippen LogP contribution in [0.2, 0.25) is 0 Å². The monoisotopic (exact) mass is 280 g/mol. The molecule has 0 radical (unpaired) electrons. The van der Waals surface area contributed by atoms with Crippen LogP contribution in [0.3, 0.4) is 0 Å². The fourth-order valence-corrected chi connectivity index (χ4v) is 5.67. The maximum atomic E-state index is 11.5. The van der Waals surface area contributed by atoms with Crippen molar-refractivity contribution < 1.29 is 17.9 Å². The number of ether oxygens (including phenoxy) is 1. The van der Waals surface area contributed by atoms with Gasteiger partial charge in [0.15, 0.2) is 9.84 Å². The summed E-state index contributed by atoms with van der Waals surface area (Å²) >= 11 is 1.62. The molecule has 1 rings (SSSR count). The first-order valence-electron chi connectivity index (χ1n) is 5.94. The lowest BCUT2D eigenvalue weighted by Gasteiger charge is -2.17. The zero-order chi connectivity index (χ0) is 12.9. The molecule has 1 aliphatic rings. The lowest BCUT2D eigenvalue weighted by atomic mass is 10.3. The summed E-state index contributed by atoms with van der Waals surface area (Å²) in [7, 11) is -3.03. The fourth-order valence-electron chi connectivity index (χ4n) is 1.85. The number of carbonyl (C=O) groups excluding carboxylic acids is 1. The predicted octanol–water partition coefficient (Wildman–Crippen LogP) is 1.64. The molecule has 1 fully saturated rings. The molecule has 0 N–H and O–H groups in total. The Morgan fingerprint density at radius 2 is 2.06 bits per heavy atom. The highest BCUT2D eigenvalue weighted by atomic mass is 32.2. The van der Waals surface area contributed by atoms with E-state index in [1.54, 1.807) is 11.8 Å². The Kier molecular flexibility index (Phi) is 5.79. The van der Waals surface area contributed by atoms with E-state index in [2.05, 4.69) is 6.92 Å².